The molecule has 0 radical (unpaired) electrons. The second-order valence-electron chi connectivity index (χ2n) is 5.80. The number of hydrogen-bond donors (Lipinski definition) is 1. The molecule has 1 fully saturated rings. The molecular weight excluding hydrogens is 250 g/mol. The first-order chi connectivity index (χ1) is 9.72. The highest BCUT2D eigenvalue weighted by molar-refractivity contribution is 5.16. The Morgan fingerprint density at radius 2 is 2.30 bits per heavy atom. The summed E-state index contributed by atoms with van der Waals surface area (Å²) >= 11 is 0. The Labute approximate surface area is 122 Å². The molecule has 0 aliphatic heterocycles. The average Bonchev–Trinajstić information content (AvgIpc) is 3.29. The lowest BCUT2D eigenvalue weighted by molar-refractivity contribution is 0.0861. The van der Waals surface area contributed by atoms with Gasteiger partial charge in [-0.3, -0.25) is 9.88 Å². The van der Waals surface area contributed by atoms with Crippen LogP contribution in [0.25, 0.3) is 0 Å². The minimum atomic E-state index is 0.118. The minimum Gasteiger partial charge on any atom is -0.380 e. The molecule has 112 valence electrons. The van der Waals surface area contributed by atoms with Crippen LogP contribution < -0.4 is 5.73 Å². The van der Waals surface area contributed by atoms with Crippen LogP contribution in [0.15, 0.2) is 24.5 Å². The Kier molecular flexibility index (Phi) is 5.95. The van der Waals surface area contributed by atoms with Crippen molar-refractivity contribution in [3.63, 3.8) is 0 Å². The van der Waals surface area contributed by atoms with Crippen LogP contribution in [-0.2, 0) is 4.74 Å². The Morgan fingerprint density at radius 3 is 2.90 bits per heavy atom. The van der Waals surface area contributed by atoms with E-state index < -0.39 is 0 Å². The molecule has 2 N–H and O–H groups in total. The maximum atomic E-state index is 6.30. The lowest BCUT2D eigenvalue weighted by Gasteiger charge is -2.32. The number of hydrogen-bond acceptors (Lipinski definition) is 4. The highest BCUT2D eigenvalue weighted by Gasteiger charge is 2.24. The van der Waals surface area contributed by atoms with Gasteiger partial charge in [-0.25, -0.2) is 0 Å². The van der Waals surface area contributed by atoms with Gasteiger partial charge in [0.15, 0.2) is 0 Å². The zero-order valence-electron chi connectivity index (χ0n) is 12.7. The normalized spacial score (nSPS) is 18.2. The van der Waals surface area contributed by atoms with E-state index in [9.17, 15) is 0 Å². The van der Waals surface area contributed by atoms with Crippen molar-refractivity contribution in [2.75, 3.05) is 26.8 Å². The number of nitrogens with zero attached hydrogens (tertiary/aromatic N) is 2. The van der Waals surface area contributed by atoms with Crippen molar-refractivity contribution < 1.29 is 4.74 Å². The van der Waals surface area contributed by atoms with E-state index >= 15 is 0 Å². The van der Waals surface area contributed by atoms with E-state index in [0.29, 0.717) is 0 Å². The fourth-order valence-electron chi connectivity index (χ4n) is 2.48. The summed E-state index contributed by atoms with van der Waals surface area (Å²) in [5.41, 5.74) is 7.49. The molecule has 1 heterocycles. The van der Waals surface area contributed by atoms with Gasteiger partial charge in [-0.05, 0) is 43.9 Å². The van der Waals surface area contributed by atoms with Gasteiger partial charge in [0, 0.05) is 31.6 Å². The van der Waals surface area contributed by atoms with Gasteiger partial charge in [0.1, 0.15) is 0 Å². The third-order valence-electron chi connectivity index (χ3n) is 4.02. The Bertz CT molecular complexity index is 381. The van der Waals surface area contributed by atoms with Crippen molar-refractivity contribution in [1.29, 1.82) is 0 Å². The van der Waals surface area contributed by atoms with Crippen LogP contribution >= 0.6 is 0 Å². The summed E-state index contributed by atoms with van der Waals surface area (Å²) in [4.78, 5) is 6.51. The van der Waals surface area contributed by atoms with Gasteiger partial charge in [0.05, 0.1) is 12.6 Å². The summed E-state index contributed by atoms with van der Waals surface area (Å²) < 4.78 is 5.73. The van der Waals surface area contributed by atoms with E-state index in [-0.39, 0.29) is 12.1 Å². The molecule has 0 spiro atoms. The van der Waals surface area contributed by atoms with Crippen molar-refractivity contribution in [3.8, 4) is 0 Å². The fraction of sp³-hybridized carbons (Fsp3) is 0.688. The van der Waals surface area contributed by atoms with E-state index in [1.807, 2.05) is 12.3 Å². The molecule has 1 aliphatic carbocycles. The molecule has 0 amide bonds. The smallest absolute Gasteiger partial charge is 0.0593 e. The summed E-state index contributed by atoms with van der Waals surface area (Å²) in [5.74, 6) is 0.826. The average molecular weight is 277 g/mol. The van der Waals surface area contributed by atoms with Gasteiger partial charge in [0.25, 0.3) is 0 Å². The van der Waals surface area contributed by atoms with Crippen LogP contribution in [0, 0.1) is 5.92 Å². The zero-order valence-corrected chi connectivity index (χ0v) is 12.7. The maximum absolute atomic E-state index is 6.30. The molecule has 1 aromatic heterocycles. The van der Waals surface area contributed by atoms with Gasteiger partial charge in [-0.2, -0.15) is 0 Å². The molecule has 2 unspecified atom stereocenters. The van der Waals surface area contributed by atoms with Gasteiger partial charge in [0.2, 0.25) is 0 Å². The highest BCUT2D eigenvalue weighted by atomic mass is 16.5. The molecule has 0 aromatic carbocycles. The first kappa shape index (κ1) is 15.4. The largest absolute Gasteiger partial charge is 0.380 e. The molecule has 2 atom stereocenters. The number of pyridine rings is 1. The summed E-state index contributed by atoms with van der Waals surface area (Å²) in [5, 5.41) is 0. The molecule has 4 nitrogen and oxygen atoms in total. The number of rotatable bonds is 9. The summed E-state index contributed by atoms with van der Waals surface area (Å²) in [6.07, 6.45) is 7.36. The Balaban J connectivity index is 1.87. The molecular formula is C16H27N3O. The minimum absolute atomic E-state index is 0.118. The fourth-order valence-corrected chi connectivity index (χ4v) is 2.48. The van der Waals surface area contributed by atoms with Crippen LogP contribution in [0.2, 0.25) is 0 Å². The van der Waals surface area contributed by atoms with Gasteiger partial charge >= 0.3 is 0 Å². The maximum Gasteiger partial charge on any atom is 0.0593 e. The summed E-state index contributed by atoms with van der Waals surface area (Å²) in [6.45, 7) is 4.73. The second kappa shape index (κ2) is 7.72. The standard InChI is InChI=1S/C16H27N3O/c1-3-15(17)16(14-5-4-8-18-11-14)19(2)9-10-20-12-13-6-7-13/h4-5,8,11,13,15-16H,3,6-7,9-10,12,17H2,1-2H3. The predicted molar refractivity (Wildman–Crippen MR) is 81.4 cm³/mol. The third-order valence-corrected chi connectivity index (χ3v) is 4.02. The zero-order chi connectivity index (χ0) is 14.4. The molecule has 1 aliphatic rings. The van der Waals surface area contributed by atoms with Gasteiger partial charge in [-0.15, -0.1) is 0 Å². The lowest BCUT2D eigenvalue weighted by atomic mass is 9.98. The SMILES string of the molecule is CCC(N)C(c1cccnc1)N(C)CCOCC1CC1. The molecule has 1 aromatic rings. The Morgan fingerprint density at radius 1 is 1.50 bits per heavy atom. The van der Waals surface area contributed by atoms with Crippen molar-refractivity contribution >= 4 is 0 Å². The number of ether oxygens (including phenoxy) is 1. The summed E-state index contributed by atoms with van der Waals surface area (Å²) in [7, 11) is 2.12. The molecule has 0 saturated heterocycles. The van der Waals surface area contributed by atoms with Crippen LogP contribution in [0.3, 0.4) is 0 Å². The first-order valence-electron chi connectivity index (χ1n) is 7.65. The monoisotopic (exact) mass is 277 g/mol. The van der Waals surface area contributed by atoms with E-state index in [1.165, 1.54) is 18.4 Å². The van der Waals surface area contributed by atoms with Gasteiger partial charge < -0.3 is 10.5 Å². The molecule has 1 saturated carbocycles. The number of aromatic nitrogens is 1. The van der Waals surface area contributed by atoms with Gasteiger partial charge in [-0.1, -0.05) is 13.0 Å². The van der Waals surface area contributed by atoms with E-state index in [4.69, 9.17) is 10.5 Å². The number of likely N-dealkylation sites (N-methyl/N-ethyl adjacent to an activating group) is 1. The van der Waals surface area contributed by atoms with Crippen LogP contribution in [0.5, 0.6) is 0 Å². The van der Waals surface area contributed by atoms with Crippen LogP contribution in [0.4, 0.5) is 0 Å². The van der Waals surface area contributed by atoms with Crippen LogP contribution in [-0.4, -0.2) is 42.7 Å². The topological polar surface area (TPSA) is 51.4 Å². The third kappa shape index (κ3) is 4.54. The van der Waals surface area contributed by atoms with Crippen molar-refractivity contribution in [3.05, 3.63) is 30.1 Å². The highest BCUT2D eigenvalue weighted by Crippen LogP contribution is 2.29. The first-order valence-corrected chi connectivity index (χ1v) is 7.65. The van der Waals surface area contributed by atoms with Crippen molar-refractivity contribution in [2.24, 2.45) is 11.7 Å². The number of nitrogens with two attached hydrogens (primary N) is 1. The van der Waals surface area contributed by atoms with E-state index in [1.54, 1.807) is 6.20 Å². The summed E-state index contributed by atoms with van der Waals surface area (Å²) in [6, 6.07) is 4.41. The van der Waals surface area contributed by atoms with Crippen molar-refractivity contribution in [1.82, 2.24) is 9.88 Å². The molecule has 2 rings (SSSR count). The quantitative estimate of drug-likeness (QED) is 0.703. The molecule has 4 heteroatoms. The molecule has 0 bridgehead atoms. The Hall–Kier alpha value is -0.970. The van der Waals surface area contributed by atoms with Crippen LogP contribution in [0.1, 0.15) is 37.8 Å². The van der Waals surface area contributed by atoms with E-state index in [0.717, 1.165) is 32.1 Å². The lowest BCUT2D eigenvalue weighted by Crippen LogP contribution is -2.40. The van der Waals surface area contributed by atoms with E-state index in [2.05, 4.69) is 29.9 Å². The van der Waals surface area contributed by atoms with Crippen molar-refractivity contribution in [2.45, 2.75) is 38.3 Å². The predicted octanol–water partition coefficient (Wildman–Crippen LogP) is 2.22. The molecule has 20 heavy (non-hydrogen) atoms. The second-order valence-corrected chi connectivity index (χ2v) is 5.80.